The molecule has 0 saturated heterocycles. The maximum atomic E-state index is 10.5. The van der Waals surface area contributed by atoms with Gasteiger partial charge in [0.2, 0.25) is 0 Å². The lowest BCUT2D eigenvalue weighted by Crippen LogP contribution is -2.40. The summed E-state index contributed by atoms with van der Waals surface area (Å²) in [6, 6.07) is 20.5. The first kappa shape index (κ1) is 23.2. The number of nitrogens with zero attached hydrogens (tertiary/aromatic N) is 3. The molecule has 4 rings (SSSR count). The fraction of sp³-hybridized carbons (Fsp3) is 0.217. The second-order valence-electron chi connectivity index (χ2n) is 6.95. The number of thiophene rings is 1. The Morgan fingerprint density at radius 2 is 1.94 bits per heavy atom. The Kier molecular flexibility index (Phi) is 8.44. The van der Waals surface area contributed by atoms with Crippen LogP contribution in [0.2, 0.25) is 0 Å². The third-order valence-electron chi connectivity index (χ3n) is 4.87. The summed E-state index contributed by atoms with van der Waals surface area (Å²) in [6.45, 7) is 1.16. The average molecular weight is 547 g/mol. The first-order chi connectivity index (χ1) is 14.7. The standard InChI is InChI=1S/C23H25N5OS.HI/c1-24-23(26-16-20(29)22-15-18-5-2-3-6-21(18)30-22)25-13-11-17-7-9-19(10-8-17)28-14-4-12-27-28;/h2-10,12,14-15,20,29H,11,13,16H2,1H3,(H2,24,25,26);1H. The van der Waals surface area contributed by atoms with Crippen LogP contribution in [0.15, 0.2) is 78.0 Å². The Morgan fingerprint density at radius 3 is 2.65 bits per heavy atom. The lowest BCUT2D eigenvalue weighted by atomic mass is 10.1. The van der Waals surface area contributed by atoms with Crippen molar-refractivity contribution in [1.82, 2.24) is 20.4 Å². The van der Waals surface area contributed by atoms with E-state index in [1.54, 1.807) is 24.6 Å². The van der Waals surface area contributed by atoms with Crippen molar-refractivity contribution < 1.29 is 5.11 Å². The highest BCUT2D eigenvalue weighted by molar-refractivity contribution is 14.0. The Hall–Kier alpha value is -2.43. The predicted octanol–water partition coefficient (Wildman–Crippen LogP) is 4.15. The van der Waals surface area contributed by atoms with Gasteiger partial charge < -0.3 is 15.7 Å². The van der Waals surface area contributed by atoms with Crippen molar-refractivity contribution in [3.8, 4) is 5.69 Å². The molecule has 0 aliphatic heterocycles. The van der Waals surface area contributed by atoms with E-state index in [-0.39, 0.29) is 24.0 Å². The molecule has 0 aliphatic rings. The topological polar surface area (TPSA) is 74.5 Å². The van der Waals surface area contributed by atoms with Crippen molar-refractivity contribution in [2.24, 2.45) is 4.99 Å². The molecule has 8 heteroatoms. The fourth-order valence-corrected chi connectivity index (χ4v) is 4.29. The van der Waals surface area contributed by atoms with E-state index in [0.717, 1.165) is 28.9 Å². The smallest absolute Gasteiger partial charge is 0.191 e. The highest BCUT2D eigenvalue weighted by atomic mass is 127. The molecule has 3 N–H and O–H groups in total. The molecule has 0 spiro atoms. The summed E-state index contributed by atoms with van der Waals surface area (Å²) in [7, 11) is 1.74. The van der Waals surface area contributed by atoms with Crippen LogP contribution in [0.4, 0.5) is 0 Å². The van der Waals surface area contributed by atoms with Crippen LogP contribution in [0.1, 0.15) is 16.5 Å². The molecule has 6 nitrogen and oxygen atoms in total. The number of nitrogens with one attached hydrogen (secondary N) is 2. The third kappa shape index (κ3) is 6.05. The molecule has 2 heterocycles. The number of hydrogen-bond donors (Lipinski definition) is 3. The molecule has 2 aromatic heterocycles. The maximum absolute atomic E-state index is 10.5. The normalized spacial score (nSPS) is 12.4. The van der Waals surface area contributed by atoms with Gasteiger partial charge in [-0.05, 0) is 47.7 Å². The summed E-state index contributed by atoms with van der Waals surface area (Å²) in [5.74, 6) is 0.684. The van der Waals surface area contributed by atoms with Crippen molar-refractivity contribution in [3.05, 3.63) is 83.5 Å². The summed E-state index contributed by atoms with van der Waals surface area (Å²) < 4.78 is 3.03. The van der Waals surface area contributed by atoms with Crippen molar-refractivity contribution >= 4 is 51.4 Å². The number of aliphatic hydroxyl groups is 1. The molecule has 0 amide bonds. The largest absolute Gasteiger partial charge is 0.386 e. The van der Waals surface area contributed by atoms with Crippen LogP contribution in [0.5, 0.6) is 0 Å². The first-order valence-corrected chi connectivity index (χ1v) is 10.7. The number of aromatic nitrogens is 2. The van der Waals surface area contributed by atoms with Crippen molar-refractivity contribution in [2.45, 2.75) is 12.5 Å². The lowest BCUT2D eigenvalue weighted by molar-refractivity contribution is 0.184. The Balaban J connectivity index is 0.00000272. The molecule has 0 fully saturated rings. The van der Waals surface area contributed by atoms with E-state index in [0.29, 0.717) is 12.5 Å². The van der Waals surface area contributed by atoms with Gasteiger partial charge >= 0.3 is 0 Å². The van der Waals surface area contributed by atoms with E-state index in [1.807, 2.05) is 29.1 Å². The van der Waals surface area contributed by atoms with Gasteiger partial charge in [-0.3, -0.25) is 4.99 Å². The van der Waals surface area contributed by atoms with Crippen LogP contribution >= 0.6 is 35.3 Å². The van der Waals surface area contributed by atoms with Crippen LogP contribution in [0.3, 0.4) is 0 Å². The van der Waals surface area contributed by atoms with Gasteiger partial charge in [0.1, 0.15) is 6.10 Å². The number of halogens is 1. The number of benzene rings is 2. The van der Waals surface area contributed by atoms with Gasteiger partial charge in [-0.1, -0.05) is 30.3 Å². The number of rotatable bonds is 7. The zero-order valence-electron chi connectivity index (χ0n) is 17.2. The van der Waals surface area contributed by atoms with Crippen molar-refractivity contribution in [1.29, 1.82) is 0 Å². The molecule has 4 aromatic rings. The Bertz CT molecular complexity index is 1080. The molecule has 1 atom stereocenters. The number of fused-ring (bicyclic) bond motifs is 1. The van der Waals surface area contributed by atoms with E-state index in [2.05, 4.69) is 63.2 Å². The quantitative estimate of drug-likeness (QED) is 0.185. The maximum Gasteiger partial charge on any atom is 0.191 e. The second-order valence-corrected chi connectivity index (χ2v) is 8.06. The van der Waals surface area contributed by atoms with E-state index < -0.39 is 6.10 Å². The monoisotopic (exact) mass is 547 g/mol. The molecule has 0 bridgehead atoms. The number of hydrogen-bond acceptors (Lipinski definition) is 4. The lowest BCUT2D eigenvalue weighted by Gasteiger charge is -2.14. The Morgan fingerprint density at radius 1 is 1.13 bits per heavy atom. The van der Waals surface area contributed by atoms with E-state index in [1.165, 1.54) is 10.3 Å². The summed E-state index contributed by atoms with van der Waals surface area (Å²) in [6.07, 6.45) is 4.00. The van der Waals surface area contributed by atoms with Crippen LogP contribution in [-0.2, 0) is 6.42 Å². The SMILES string of the molecule is CN=C(NCCc1ccc(-n2cccn2)cc1)NCC(O)c1cc2ccccc2s1.I. The second kappa shape index (κ2) is 11.3. The summed E-state index contributed by atoms with van der Waals surface area (Å²) in [4.78, 5) is 5.21. The minimum atomic E-state index is -0.573. The predicted molar refractivity (Wildman–Crippen MR) is 139 cm³/mol. The molecule has 2 aromatic carbocycles. The number of aliphatic imine (C=N–C) groups is 1. The molecule has 1 unspecified atom stereocenters. The van der Waals surface area contributed by atoms with Crippen LogP contribution in [0, 0.1) is 0 Å². The first-order valence-electron chi connectivity index (χ1n) is 9.93. The zero-order valence-corrected chi connectivity index (χ0v) is 20.4. The van der Waals surface area contributed by atoms with E-state index >= 15 is 0 Å². The molecule has 0 aliphatic carbocycles. The van der Waals surface area contributed by atoms with Crippen molar-refractivity contribution in [2.75, 3.05) is 20.1 Å². The highest BCUT2D eigenvalue weighted by Gasteiger charge is 2.12. The summed E-state index contributed by atoms with van der Waals surface area (Å²) >= 11 is 1.62. The van der Waals surface area contributed by atoms with Crippen LogP contribution in [-0.4, -0.2) is 41.0 Å². The highest BCUT2D eigenvalue weighted by Crippen LogP contribution is 2.29. The molecule has 31 heavy (non-hydrogen) atoms. The minimum Gasteiger partial charge on any atom is -0.386 e. The van der Waals surface area contributed by atoms with Crippen LogP contribution in [0.25, 0.3) is 15.8 Å². The zero-order chi connectivity index (χ0) is 20.8. The van der Waals surface area contributed by atoms with Gasteiger partial charge in [0, 0.05) is 42.1 Å². The summed E-state index contributed by atoms with van der Waals surface area (Å²) in [5.41, 5.74) is 2.28. The molecular formula is C23H26IN5OS. The van der Waals surface area contributed by atoms with Gasteiger partial charge in [0.25, 0.3) is 0 Å². The Labute approximate surface area is 203 Å². The molecular weight excluding hydrogens is 521 g/mol. The molecule has 0 radical (unpaired) electrons. The van der Waals surface area contributed by atoms with Gasteiger partial charge in [-0.15, -0.1) is 35.3 Å². The third-order valence-corrected chi connectivity index (χ3v) is 6.09. The van der Waals surface area contributed by atoms with E-state index in [4.69, 9.17) is 0 Å². The number of aliphatic hydroxyl groups excluding tert-OH is 1. The van der Waals surface area contributed by atoms with Gasteiger partial charge in [0.05, 0.1) is 5.69 Å². The summed E-state index contributed by atoms with van der Waals surface area (Å²) in [5, 5.41) is 22.5. The van der Waals surface area contributed by atoms with Gasteiger partial charge in [0.15, 0.2) is 5.96 Å². The molecule has 0 saturated carbocycles. The molecule has 162 valence electrons. The van der Waals surface area contributed by atoms with Crippen molar-refractivity contribution in [3.63, 3.8) is 0 Å². The minimum absolute atomic E-state index is 0. The van der Waals surface area contributed by atoms with Gasteiger partial charge in [-0.25, -0.2) is 4.68 Å². The number of guanidine groups is 1. The van der Waals surface area contributed by atoms with E-state index in [9.17, 15) is 5.11 Å². The average Bonchev–Trinajstić information content (AvgIpc) is 3.46. The van der Waals surface area contributed by atoms with Gasteiger partial charge in [-0.2, -0.15) is 5.10 Å². The van der Waals surface area contributed by atoms with Crippen LogP contribution < -0.4 is 10.6 Å². The fourth-order valence-electron chi connectivity index (χ4n) is 3.24.